The normalized spacial score (nSPS) is 21.6. The third-order valence-electron chi connectivity index (χ3n) is 2.54. The van der Waals surface area contributed by atoms with E-state index in [1.165, 1.54) is 29.4 Å². The van der Waals surface area contributed by atoms with Crippen LogP contribution in [-0.2, 0) is 6.54 Å². The molecule has 1 saturated heterocycles. The van der Waals surface area contributed by atoms with E-state index in [4.69, 9.17) is 0 Å². The van der Waals surface area contributed by atoms with E-state index in [-0.39, 0.29) is 0 Å². The third-order valence-corrected chi connectivity index (χ3v) is 3.45. The molecule has 1 aromatic heterocycles. The zero-order chi connectivity index (χ0) is 9.80. The molecule has 3 nitrogen and oxygen atoms in total. The fraction of sp³-hybridized carbons (Fsp3) is 0.700. The van der Waals surface area contributed by atoms with Crippen molar-refractivity contribution in [1.82, 2.24) is 15.6 Å². The van der Waals surface area contributed by atoms with Gasteiger partial charge in [-0.3, -0.25) is 0 Å². The fourth-order valence-electron chi connectivity index (χ4n) is 1.76. The van der Waals surface area contributed by atoms with Gasteiger partial charge in [-0.1, -0.05) is 0 Å². The van der Waals surface area contributed by atoms with Gasteiger partial charge >= 0.3 is 0 Å². The molecule has 4 heteroatoms. The number of hydrogen-bond donors (Lipinski definition) is 2. The number of nitrogens with zero attached hydrogens (tertiary/aromatic N) is 1. The summed E-state index contributed by atoms with van der Waals surface area (Å²) in [6.07, 6.45) is 3.25. The molecular formula is C10H17N3S. The largest absolute Gasteiger partial charge is 0.316 e. The van der Waals surface area contributed by atoms with Gasteiger partial charge in [-0.05, 0) is 38.9 Å². The zero-order valence-corrected chi connectivity index (χ0v) is 9.36. The zero-order valence-electron chi connectivity index (χ0n) is 8.55. The van der Waals surface area contributed by atoms with Gasteiger partial charge in [-0.2, -0.15) is 0 Å². The second-order valence-electron chi connectivity index (χ2n) is 3.85. The van der Waals surface area contributed by atoms with Crippen LogP contribution in [-0.4, -0.2) is 24.6 Å². The molecule has 0 bridgehead atoms. The number of nitrogens with one attached hydrogen (secondary N) is 2. The first-order valence-electron chi connectivity index (χ1n) is 5.17. The van der Waals surface area contributed by atoms with Gasteiger partial charge < -0.3 is 10.6 Å². The standard InChI is InChI=1S/C10H17N3S/c1-8-4-13-10(14-8)7-12-6-9-2-3-11-5-9/h4,9,11-12H,2-3,5-7H2,1H3. The minimum Gasteiger partial charge on any atom is -0.316 e. The molecule has 0 aliphatic carbocycles. The Hall–Kier alpha value is -0.450. The smallest absolute Gasteiger partial charge is 0.107 e. The summed E-state index contributed by atoms with van der Waals surface area (Å²) in [6, 6.07) is 0. The summed E-state index contributed by atoms with van der Waals surface area (Å²) in [6.45, 7) is 6.50. The molecule has 2 heterocycles. The molecule has 78 valence electrons. The maximum absolute atomic E-state index is 4.32. The molecule has 2 N–H and O–H groups in total. The van der Waals surface area contributed by atoms with Crippen molar-refractivity contribution < 1.29 is 0 Å². The van der Waals surface area contributed by atoms with E-state index in [2.05, 4.69) is 22.5 Å². The van der Waals surface area contributed by atoms with E-state index in [0.717, 1.165) is 19.0 Å². The van der Waals surface area contributed by atoms with Crippen LogP contribution in [0.1, 0.15) is 16.3 Å². The second-order valence-corrected chi connectivity index (χ2v) is 5.17. The molecule has 0 amide bonds. The van der Waals surface area contributed by atoms with Gasteiger partial charge in [-0.25, -0.2) is 4.98 Å². The van der Waals surface area contributed by atoms with Crippen molar-refractivity contribution in [3.8, 4) is 0 Å². The molecule has 0 radical (unpaired) electrons. The highest BCUT2D eigenvalue weighted by Crippen LogP contribution is 2.11. The highest BCUT2D eigenvalue weighted by molar-refractivity contribution is 7.11. The Kier molecular flexibility index (Phi) is 3.50. The van der Waals surface area contributed by atoms with Gasteiger partial charge in [0.15, 0.2) is 0 Å². The third kappa shape index (κ3) is 2.77. The molecule has 0 spiro atoms. The van der Waals surface area contributed by atoms with Gasteiger partial charge in [0.05, 0.1) is 0 Å². The lowest BCUT2D eigenvalue weighted by Gasteiger charge is -2.08. The Morgan fingerprint density at radius 3 is 3.29 bits per heavy atom. The molecule has 1 aliphatic heterocycles. The van der Waals surface area contributed by atoms with Crippen molar-refractivity contribution >= 4 is 11.3 Å². The first-order valence-corrected chi connectivity index (χ1v) is 5.99. The van der Waals surface area contributed by atoms with Crippen LogP contribution in [0.5, 0.6) is 0 Å². The molecule has 1 atom stereocenters. The molecule has 1 unspecified atom stereocenters. The summed E-state index contributed by atoms with van der Waals surface area (Å²) in [4.78, 5) is 5.62. The number of aryl methyl sites for hydroxylation is 1. The van der Waals surface area contributed by atoms with Crippen molar-refractivity contribution in [2.75, 3.05) is 19.6 Å². The van der Waals surface area contributed by atoms with E-state index in [9.17, 15) is 0 Å². The van der Waals surface area contributed by atoms with Crippen molar-refractivity contribution in [3.05, 3.63) is 16.1 Å². The summed E-state index contributed by atoms with van der Waals surface area (Å²) in [5.74, 6) is 0.816. The molecule has 2 rings (SSSR count). The topological polar surface area (TPSA) is 37.0 Å². The summed E-state index contributed by atoms with van der Waals surface area (Å²) >= 11 is 1.78. The Morgan fingerprint density at radius 2 is 2.64 bits per heavy atom. The maximum Gasteiger partial charge on any atom is 0.107 e. The van der Waals surface area contributed by atoms with Gasteiger partial charge in [0.2, 0.25) is 0 Å². The van der Waals surface area contributed by atoms with E-state index in [1.807, 2.05) is 6.20 Å². The van der Waals surface area contributed by atoms with Crippen molar-refractivity contribution in [1.29, 1.82) is 0 Å². The summed E-state index contributed by atoms with van der Waals surface area (Å²) < 4.78 is 0. The maximum atomic E-state index is 4.32. The molecule has 0 saturated carbocycles. The van der Waals surface area contributed by atoms with E-state index in [0.29, 0.717) is 0 Å². The molecule has 1 aromatic rings. The Labute approximate surface area is 88.9 Å². The van der Waals surface area contributed by atoms with Crippen LogP contribution in [0.15, 0.2) is 6.20 Å². The van der Waals surface area contributed by atoms with Crippen LogP contribution in [0.4, 0.5) is 0 Å². The first-order chi connectivity index (χ1) is 6.84. The van der Waals surface area contributed by atoms with E-state index < -0.39 is 0 Å². The van der Waals surface area contributed by atoms with Gasteiger partial charge in [0, 0.05) is 17.6 Å². The highest BCUT2D eigenvalue weighted by Gasteiger charge is 2.13. The Bertz CT molecular complexity index is 279. The van der Waals surface area contributed by atoms with Crippen molar-refractivity contribution in [2.24, 2.45) is 5.92 Å². The predicted molar refractivity (Wildman–Crippen MR) is 59.5 cm³/mol. The summed E-state index contributed by atoms with van der Waals surface area (Å²) in [7, 11) is 0. The predicted octanol–water partition coefficient (Wildman–Crippen LogP) is 1.15. The van der Waals surface area contributed by atoms with E-state index in [1.54, 1.807) is 11.3 Å². The molecule has 14 heavy (non-hydrogen) atoms. The molecule has 1 aliphatic rings. The Balaban J connectivity index is 1.67. The minimum absolute atomic E-state index is 0.816. The Morgan fingerprint density at radius 1 is 1.71 bits per heavy atom. The average Bonchev–Trinajstić information content (AvgIpc) is 2.77. The summed E-state index contributed by atoms with van der Waals surface area (Å²) in [5, 5.41) is 8.04. The lowest BCUT2D eigenvalue weighted by atomic mass is 10.1. The van der Waals surface area contributed by atoms with Crippen LogP contribution in [0.2, 0.25) is 0 Å². The van der Waals surface area contributed by atoms with Crippen LogP contribution < -0.4 is 10.6 Å². The average molecular weight is 211 g/mol. The van der Waals surface area contributed by atoms with Crippen LogP contribution in [0, 0.1) is 12.8 Å². The number of aromatic nitrogens is 1. The minimum atomic E-state index is 0.816. The van der Waals surface area contributed by atoms with Crippen molar-refractivity contribution in [3.63, 3.8) is 0 Å². The SMILES string of the molecule is Cc1cnc(CNCC2CCNC2)s1. The van der Waals surface area contributed by atoms with Gasteiger partial charge in [-0.15, -0.1) is 11.3 Å². The van der Waals surface area contributed by atoms with E-state index >= 15 is 0 Å². The number of rotatable bonds is 4. The quantitative estimate of drug-likeness (QED) is 0.784. The monoisotopic (exact) mass is 211 g/mol. The van der Waals surface area contributed by atoms with Crippen LogP contribution >= 0.6 is 11.3 Å². The second kappa shape index (κ2) is 4.87. The van der Waals surface area contributed by atoms with Crippen molar-refractivity contribution in [2.45, 2.75) is 19.9 Å². The molecule has 0 aromatic carbocycles. The summed E-state index contributed by atoms with van der Waals surface area (Å²) in [5.41, 5.74) is 0. The lowest BCUT2D eigenvalue weighted by Crippen LogP contribution is -2.23. The van der Waals surface area contributed by atoms with Crippen LogP contribution in [0.3, 0.4) is 0 Å². The fourth-order valence-corrected chi connectivity index (χ4v) is 2.51. The molecule has 1 fully saturated rings. The van der Waals surface area contributed by atoms with Gasteiger partial charge in [0.25, 0.3) is 0 Å². The number of hydrogen-bond acceptors (Lipinski definition) is 4. The lowest BCUT2D eigenvalue weighted by molar-refractivity contribution is 0.512. The van der Waals surface area contributed by atoms with Gasteiger partial charge in [0.1, 0.15) is 5.01 Å². The highest BCUT2D eigenvalue weighted by atomic mass is 32.1. The van der Waals surface area contributed by atoms with Crippen LogP contribution in [0.25, 0.3) is 0 Å². The number of thiazole rings is 1. The molecular weight excluding hydrogens is 194 g/mol. The first kappa shape index (κ1) is 10.1.